The Labute approximate surface area is 110 Å². The summed E-state index contributed by atoms with van der Waals surface area (Å²) in [5.41, 5.74) is 8.34. The second-order valence-corrected chi connectivity index (χ2v) is 4.33. The van der Waals surface area contributed by atoms with Crippen LogP contribution in [0.25, 0.3) is 11.2 Å². The molecule has 0 atom stereocenters. The largest absolute Gasteiger partial charge is 0.385 e. The van der Waals surface area contributed by atoms with Crippen LogP contribution in [0, 0.1) is 0 Å². The maximum Gasteiger partial charge on any atom is 0.179 e. The van der Waals surface area contributed by atoms with E-state index in [9.17, 15) is 0 Å². The molecule has 0 saturated heterocycles. The summed E-state index contributed by atoms with van der Waals surface area (Å²) in [6, 6.07) is 13.8. The molecule has 2 heterocycles. The summed E-state index contributed by atoms with van der Waals surface area (Å²) in [7, 11) is 0. The van der Waals surface area contributed by atoms with Crippen molar-refractivity contribution >= 4 is 22.7 Å². The molecule has 5 heteroatoms. The van der Waals surface area contributed by atoms with E-state index in [1.807, 2.05) is 36.4 Å². The van der Waals surface area contributed by atoms with Crippen molar-refractivity contribution in [3.05, 3.63) is 48.3 Å². The lowest BCUT2D eigenvalue weighted by Gasteiger charge is -2.03. The number of H-pyrrole nitrogens is 1. The zero-order chi connectivity index (χ0) is 13.1. The first-order valence-corrected chi connectivity index (χ1v) is 6.21. The molecule has 3 aromatic rings. The highest BCUT2D eigenvalue weighted by Gasteiger charge is 2.03. The Balaban J connectivity index is 1.65. The number of aromatic nitrogens is 3. The predicted molar refractivity (Wildman–Crippen MR) is 76.9 cm³/mol. The summed E-state index contributed by atoms with van der Waals surface area (Å²) in [6.45, 7) is 0.819. The number of nitrogens with two attached hydrogens (primary N) is 1. The molecule has 0 aliphatic heterocycles. The second kappa shape index (κ2) is 4.97. The van der Waals surface area contributed by atoms with E-state index >= 15 is 0 Å². The molecule has 2 aromatic heterocycles. The molecule has 0 aliphatic rings. The molecule has 0 amide bonds. The van der Waals surface area contributed by atoms with E-state index < -0.39 is 0 Å². The van der Waals surface area contributed by atoms with E-state index in [4.69, 9.17) is 5.73 Å². The molecule has 0 radical (unpaired) electrons. The van der Waals surface area contributed by atoms with Crippen LogP contribution < -0.4 is 11.1 Å². The third-order valence-electron chi connectivity index (χ3n) is 2.88. The number of benzene rings is 1. The van der Waals surface area contributed by atoms with Crippen molar-refractivity contribution in [2.45, 2.75) is 6.42 Å². The monoisotopic (exact) mass is 253 g/mol. The summed E-state index contributed by atoms with van der Waals surface area (Å²) in [5.74, 6) is 1.41. The third-order valence-corrected chi connectivity index (χ3v) is 2.88. The highest BCUT2D eigenvalue weighted by Crippen LogP contribution is 2.11. The van der Waals surface area contributed by atoms with E-state index in [0.29, 0.717) is 11.5 Å². The number of nitrogens with one attached hydrogen (secondary N) is 2. The van der Waals surface area contributed by atoms with Crippen molar-refractivity contribution < 1.29 is 0 Å². The van der Waals surface area contributed by atoms with Crippen LogP contribution in [0.1, 0.15) is 5.82 Å². The van der Waals surface area contributed by atoms with Crippen molar-refractivity contribution in [3.63, 3.8) is 0 Å². The summed E-state index contributed by atoms with van der Waals surface area (Å²) < 4.78 is 0. The molecule has 0 unspecified atom stereocenters. The number of anilines is 2. The molecule has 3 rings (SSSR count). The molecule has 1 aromatic carbocycles. The molecule has 0 aliphatic carbocycles. The number of imidazole rings is 1. The van der Waals surface area contributed by atoms with Crippen LogP contribution in [-0.4, -0.2) is 21.5 Å². The zero-order valence-electron chi connectivity index (χ0n) is 10.4. The fourth-order valence-electron chi connectivity index (χ4n) is 1.96. The van der Waals surface area contributed by atoms with Crippen LogP contribution in [0.5, 0.6) is 0 Å². The van der Waals surface area contributed by atoms with Gasteiger partial charge in [0, 0.05) is 18.7 Å². The molecule has 0 bridgehead atoms. The van der Waals surface area contributed by atoms with Crippen molar-refractivity contribution in [1.82, 2.24) is 15.0 Å². The highest BCUT2D eigenvalue weighted by atomic mass is 15.0. The van der Waals surface area contributed by atoms with Crippen molar-refractivity contribution in [1.29, 1.82) is 0 Å². The lowest BCUT2D eigenvalue weighted by atomic mass is 10.3. The summed E-state index contributed by atoms with van der Waals surface area (Å²) in [5, 5.41) is 3.34. The summed E-state index contributed by atoms with van der Waals surface area (Å²) in [6.07, 6.45) is 0.811. The average molecular weight is 253 g/mol. The Bertz CT molecular complexity index is 675. The minimum absolute atomic E-state index is 0.493. The Morgan fingerprint density at radius 3 is 2.74 bits per heavy atom. The minimum atomic E-state index is 0.493. The quantitative estimate of drug-likeness (QED) is 0.666. The maximum atomic E-state index is 5.63. The Morgan fingerprint density at radius 1 is 1.05 bits per heavy atom. The lowest BCUT2D eigenvalue weighted by Crippen LogP contribution is -2.05. The SMILES string of the molecule is Nc1ccc2[nH]c(CCNc3ccccc3)nc2n1. The summed E-state index contributed by atoms with van der Waals surface area (Å²) in [4.78, 5) is 11.8. The van der Waals surface area contributed by atoms with Crippen LogP contribution in [0.4, 0.5) is 11.5 Å². The van der Waals surface area contributed by atoms with Gasteiger partial charge >= 0.3 is 0 Å². The number of rotatable bonds is 4. The molecular weight excluding hydrogens is 238 g/mol. The van der Waals surface area contributed by atoms with E-state index in [0.717, 1.165) is 30.0 Å². The molecule has 96 valence electrons. The van der Waals surface area contributed by atoms with E-state index in [-0.39, 0.29) is 0 Å². The number of nitrogens with zero attached hydrogens (tertiary/aromatic N) is 2. The standard InChI is InChI=1S/C14H15N5/c15-12-7-6-11-14(18-12)19-13(17-11)8-9-16-10-4-2-1-3-5-10/h1-7,16H,8-9H2,(H3,15,17,18,19). The zero-order valence-corrected chi connectivity index (χ0v) is 10.4. The number of hydrogen-bond donors (Lipinski definition) is 3. The number of hydrogen-bond acceptors (Lipinski definition) is 4. The topological polar surface area (TPSA) is 79.6 Å². The number of aromatic amines is 1. The van der Waals surface area contributed by atoms with Crippen molar-refractivity contribution in [3.8, 4) is 0 Å². The minimum Gasteiger partial charge on any atom is -0.385 e. The summed E-state index contributed by atoms with van der Waals surface area (Å²) >= 11 is 0. The van der Waals surface area contributed by atoms with E-state index in [1.165, 1.54) is 0 Å². The third kappa shape index (κ3) is 2.65. The van der Waals surface area contributed by atoms with Crippen LogP contribution in [-0.2, 0) is 6.42 Å². The van der Waals surface area contributed by atoms with Gasteiger partial charge in [0.05, 0.1) is 5.52 Å². The predicted octanol–water partition coefficient (Wildman–Crippen LogP) is 2.19. The van der Waals surface area contributed by atoms with E-state index in [1.54, 1.807) is 6.07 Å². The van der Waals surface area contributed by atoms with Crippen LogP contribution in [0.2, 0.25) is 0 Å². The van der Waals surface area contributed by atoms with Gasteiger partial charge in [0.15, 0.2) is 5.65 Å². The van der Waals surface area contributed by atoms with Crippen molar-refractivity contribution in [2.75, 3.05) is 17.6 Å². The number of pyridine rings is 1. The van der Waals surface area contributed by atoms with Gasteiger partial charge in [-0.05, 0) is 24.3 Å². The first-order chi connectivity index (χ1) is 9.31. The Kier molecular flexibility index (Phi) is 3.02. The fourth-order valence-corrected chi connectivity index (χ4v) is 1.96. The van der Waals surface area contributed by atoms with Gasteiger partial charge < -0.3 is 16.0 Å². The molecule has 0 saturated carbocycles. The smallest absolute Gasteiger partial charge is 0.179 e. The van der Waals surface area contributed by atoms with Gasteiger partial charge in [-0.25, -0.2) is 9.97 Å². The van der Waals surface area contributed by atoms with Crippen LogP contribution in [0.15, 0.2) is 42.5 Å². The first kappa shape index (κ1) is 11.5. The normalized spacial score (nSPS) is 10.7. The lowest BCUT2D eigenvalue weighted by molar-refractivity contribution is 0.933. The van der Waals surface area contributed by atoms with Crippen molar-refractivity contribution in [2.24, 2.45) is 0 Å². The van der Waals surface area contributed by atoms with Gasteiger partial charge in [-0.1, -0.05) is 18.2 Å². The van der Waals surface area contributed by atoms with Gasteiger partial charge in [0.25, 0.3) is 0 Å². The molecule has 0 spiro atoms. The fraction of sp³-hybridized carbons (Fsp3) is 0.143. The Hall–Kier alpha value is -2.56. The van der Waals surface area contributed by atoms with Gasteiger partial charge in [-0.2, -0.15) is 0 Å². The van der Waals surface area contributed by atoms with Gasteiger partial charge in [-0.15, -0.1) is 0 Å². The maximum absolute atomic E-state index is 5.63. The molecular formula is C14H15N5. The average Bonchev–Trinajstić information content (AvgIpc) is 2.82. The van der Waals surface area contributed by atoms with Gasteiger partial charge in [-0.3, -0.25) is 0 Å². The van der Waals surface area contributed by atoms with E-state index in [2.05, 4.69) is 20.3 Å². The first-order valence-electron chi connectivity index (χ1n) is 6.21. The number of nitrogen functional groups attached to an aromatic ring is 1. The number of para-hydroxylation sites is 1. The Morgan fingerprint density at radius 2 is 1.89 bits per heavy atom. The molecule has 5 nitrogen and oxygen atoms in total. The second-order valence-electron chi connectivity index (χ2n) is 4.33. The number of fused-ring (bicyclic) bond motifs is 1. The van der Waals surface area contributed by atoms with Crippen LogP contribution >= 0.6 is 0 Å². The van der Waals surface area contributed by atoms with Gasteiger partial charge in [0.1, 0.15) is 11.6 Å². The molecule has 0 fully saturated rings. The van der Waals surface area contributed by atoms with Gasteiger partial charge in [0.2, 0.25) is 0 Å². The highest BCUT2D eigenvalue weighted by molar-refractivity contribution is 5.72. The molecule has 19 heavy (non-hydrogen) atoms. The van der Waals surface area contributed by atoms with Crippen LogP contribution in [0.3, 0.4) is 0 Å². The molecule has 4 N–H and O–H groups in total.